The first kappa shape index (κ1) is 14.7. The minimum Gasteiger partial charge on any atom is -0.481 e. The minimum atomic E-state index is -0.923. The monoisotopic (exact) mass is 253 g/mol. The van der Waals surface area contributed by atoms with Crippen LogP contribution >= 0.6 is 0 Å². The van der Waals surface area contributed by atoms with Gasteiger partial charge in [0.15, 0.2) is 0 Å². The van der Waals surface area contributed by atoms with Gasteiger partial charge in [-0.15, -0.1) is 0 Å². The molecule has 0 radical (unpaired) electrons. The smallest absolute Gasteiger partial charge is 0.307 e. The summed E-state index contributed by atoms with van der Waals surface area (Å²) in [6, 6.07) is 0. The lowest BCUT2D eigenvalue weighted by molar-refractivity contribution is -0.146. The van der Waals surface area contributed by atoms with Crippen LogP contribution in [0, 0.1) is 11.8 Å². The summed E-state index contributed by atoms with van der Waals surface area (Å²) in [7, 11) is 0. The standard InChI is InChI=1S/C14H23NO3/c1-10(11(2)14(17)18)13(16)15-9-8-12-6-4-3-5-7-12/h6,10-11H,3-5,7-9H2,1-2H3,(H,15,16)(H,17,18). The topological polar surface area (TPSA) is 66.4 Å². The molecule has 1 rings (SSSR count). The van der Waals surface area contributed by atoms with E-state index in [-0.39, 0.29) is 5.91 Å². The van der Waals surface area contributed by atoms with Crippen LogP contribution in [0.15, 0.2) is 11.6 Å². The Hall–Kier alpha value is -1.32. The fourth-order valence-corrected chi connectivity index (χ4v) is 2.08. The van der Waals surface area contributed by atoms with E-state index in [1.54, 1.807) is 13.8 Å². The Morgan fingerprint density at radius 1 is 1.33 bits per heavy atom. The van der Waals surface area contributed by atoms with Gasteiger partial charge in [-0.2, -0.15) is 0 Å². The van der Waals surface area contributed by atoms with Crippen molar-refractivity contribution in [1.29, 1.82) is 0 Å². The van der Waals surface area contributed by atoms with Crippen LogP contribution in [0.3, 0.4) is 0 Å². The predicted octanol–water partition coefficient (Wildman–Crippen LogP) is 2.35. The van der Waals surface area contributed by atoms with Gasteiger partial charge in [0.05, 0.1) is 5.92 Å². The second kappa shape index (κ2) is 7.19. The minimum absolute atomic E-state index is 0.165. The molecule has 0 aliphatic heterocycles. The third kappa shape index (κ3) is 4.51. The Kier molecular flexibility index (Phi) is 5.89. The van der Waals surface area contributed by atoms with Crippen molar-refractivity contribution in [2.45, 2.75) is 46.0 Å². The zero-order valence-electron chi connectivity index (χ0n) is 11.2. The number of carboxylic acids is 1. The number of carbonyl (C=O) groups excluding carboxylic acids is 1. The zero-order chi connectivity index (χ0) is 13.5. The highest BCUT2D eigenvalue weighted by Gasteiger charge is 2.25. The van der Waals surface area contributed by atoms with Crippen LogP contribution < -0.4 is 5.32 Å². The fourth-order valence-electron chi connectivity index (χ4n) is 2.08. The summed E-state index contributed by atoms with van der Waals surface area (Å²) in [6.07, 6.45) is 7.95. The molecular weight excluding hydrogens is 230 g/mol. The van der Waals surface area contributed by atoms with Crippen LogP contribution in [0.2, 0.25) is 0 Å². The Morgan fingerprint density at radius 2 is 2.06 bits per heavy atom. The van der Waals surface area contributed by atoms with Gasteiger partial charge >= 0.3 is 5.97 Å². The molecule has 0 saturated carbocycles. The van der Waals surface area contributed by atoms with E-state index < -0.39 is 17.8 Å². The molecule has 1 aliphatic carbocycles. The number of carbonyl (C=O) groups is 2. The summed E-state index contributed by atoms with van der Waals surface area (Å²) in [4.78, 5) is 22.5. The lowest BCUT2D eigenvalue weighted by Crippen LogP contribution is -2.35. The molecule has 0 fully saturated rings. The van der Waals surface area contributed by atoms with Gasteiger partial charge in [-0.1, -0.05) is 25.5 Å². The number of amides is 1. The maximum atomic E-state index is 11.7. The molecule has 0 bridgehead atoms. The molecule has 102 valence electrons. The van der Waals surface area contributed by atoms with Gasteiger partial charge < -0.3 is 10.4 Å². The lowest BCUT2D eigenvalue weighted by Gasteiger charge is -2.17. The highest BCUT2D eigenvalue weighted by Crippen LogP contribution is 2.19. The maximum Gasteiger partial charge on any atom is 0.307 e. The van der Waals surface area contributed by atoms with Gasteiger partial charge in [-0.3, -0.25) is 9.59 Å². The SMILES string of the molecule is CC(C(=O)O)C(C)C(=O)NCCC1=CCCCC1. The molecule has 4 nitrogen and oxygen atoms in total. The van der Waals surface area contributed by atoms with Crippen LogP contribution in [-0.2, 0) is 9.59 Å². The zero-order valence-corrected chi connectivity index (χ0v) is 11.2. The molecule has 0 aromatic heterocycles. The quantitative estimate of drug-likeness (QED) is 0.714. The largest absolute Gasteiger partial charge is 0.481 e. The predicted molar refractivity (Wildman–Crippen MR) is 70.1 cm³/mol. The molecule has 0 spiro atoms. The van der Waals surface area contributed by atoms with Crippen molar-refractivity contribution >= 4 is 11.9 Å². The normalized spacial score (nSPS) is 18.7. The molecule has 1 amide bonds. The fraction of sp³-hybridized carbons (Fsp3) is 0.714. The van der Waals surface area contributed by atoms with E-state index >= 15 is 0 Å². The highest BCUT2D eigenvalue weighted by molar-refractivity contribution is 5.84. The molecule has 2 N–H and O–H groups in total. The molecule has 0 aromatic carbocycles. The number of rotatable bonds is 6. The second-order valence-electron chi connectivity index (χ2n) is 5.06. The summed E-state index contributed by atoms with van der Waals surface area (Å²) in [6.45, 7) is 3.84. The molecule has 2 unspecified atom stereocenters. The molecule has 1 aliphatic rings. The number of carboxylic acid groups (broad SMARTS) is 1. The van der Waals surface area contributed by atoms with Crippen molar-refractivity contribution in [3.8, 4) is 0 Å². The van der Waals surface area contributed by atoms with E-state index in [9.17, 15) is 9.59 Å². The van der Waals surface area contributed by atoms with E-state index in [2.05, 4.69) is 11.4 Å². The summed E-state index contributed by atoms with van der Waals surface area (Å²) < 4.78 is 0. The highest BCUT2D eigenvalue weighted by atomic mass is 16.4. The van der Waals surface area contributed by atoms with Gasteiger partial charge in [-0.05, 0) is 32.1 Å². The van der Waals surface area contributed by atoms with Crippen LogP contribution in [-0.4, -0.2) is 23.5 Å². The summed E-state index contributed by atoms with van der Waals surface area (Å²) in [5.41, 5.74) is 1.42. The number of allylic oxidation sites excluding steroid dienone is 1. The van der Waals surface area contributed by atoms with Gasteiger partial charge in [0.2, 0.25) is 5.91 Å². The molecular formula is C14H23NO3. The van der Waals surface area contributed by atoms with Crippen LogP contribution in [0.25, 0.3) is 0 Å². The number of hydrogen-bond donors (Lipinski definition) is 2. The van der Waals surface area contributed by atoms with E-state index in [4.69, 9.17) is 5.11 Å². The third-order valence-corrected chi connectivity index (χ3v) is 3.68. The molecule has 4 heteroatoms. The molecule has 2 atom stereocenters. The van der Waals surface area contributed by atoms with Gasteiger partial charge in [0, 0.05) is 12.5 Å². The second-order valence-corrected chi connectivity index (χ2v) is 5.06. The van der Waals surface area contributed by atoms with Gasteiger partial charge in [-0.25, -0.2) is 0 Å². The van der Waals surface area contributed by atoms with Gasteiger partial charge in [0.25, 0.3) is 0 Å². The first-order valence-corrected chi connectivity index (χ1v) is 6.70. The van der Waals surface area contributed by atoms with Gasteiger partial charge in [0.1, 0.15) is 0 Å². The van der Waals surface area contributed by atoms with Crippen molar-refractivity contribution in [1.82, 2.24) is 5.32 Å². The molecule has 18 heavy (non-hydrogen) atoms. The van der Waals surface area contributed by atoms with E-state index in [0.29, 0.717) is 6.54 Å². The number of aliphatic carboxylic acids is 1. The molecule has 0 heterocycles. The van der Waals surface area contributed by atoms with Crippen molar-refractivity contribution in [2.75, 3.05) is 6.54 Å². The first-order valence-electron chi connectivity index (χ1n) is 6.70. The van der Waals surface area contributed by atoms with E-state index in [0.717, 1.165) is 19.3 Å². The Bertz CT molecular complexity index is 336. The molecule has 0 saturated heterocycles. The van der Waals surface area contributed by atoms with Crippen molar-refractivity contribution in [3.63, 3.8) is 0 Å². The number of hydrogen-bond acceptors (Lipinski definition) is 2. The first-order chi connectivity index (χ1) is 8.52. The summed E-state index contributed by atoms with van der Waals surface area (Å²) in [5.74, 6) is -2.21. The number of nitrogens with one attached hydrogen (secondary N) is 1. The molecule has 0 aromatic rings. The lowest BCUT2D eigenvalue weighted by atomic mass is 9.95. The van der Waals surface area contributed by atoms with Crippen LogP contribution in [0.5, 0.6) is 0 Å². The Morgan fingerprint density at radius 3 is 2.61 bits per heavy atom. The van der Waals surface area contributed by atoms with Crippen molar-refractivity contribution < 1.29 is 14.7 Å². The van der Waals surface area contributed by atoms with Crippen molar-refractivity contribution in [2.24, 2.45) is 11.8 Å². The van der Waals surface area contributed by atoms with Crippen molar-refractivity contribution in [3.05, 3.63) is 11.6 Å². The Labute approximate surface area is 108 Å². The summed E-state index contributed by atoms with van der Waals surface area (Å²) in [5, 5.41) is 11.7. The average Bonchev–Trinajstić information content (AvgIpc) is 2.38. The summed E-state index contributed by atoms with van der Waals surface area (Å²) >= 11 is 0. The van der Waals surface area contributed by atoms with Crippen LogP contribution in [0.1, 0.15) is 46.0 Å². The third-order valence-electron chi connectivity index (χ3n) is 3.68. The van der Waals surface area contributed by atoms with E-state index in [1.165, 1.54) is 18.4 Å². The van der Waals surface area contributed by atoms with E-state index in [1.807, 2.05) is 0 Å². The van der Waals surface area contributed by atoms with Crippen LogP contribution in [0.4, 0.5) is 0 Å². The average molecular weight is 253 g/mol. The maximum absolute atomic E-state index is 11.7. The Balaban J connectivity index is 2.28.